The number of fused-ring (bicyclic) bond motifs is 1. The Morgan fingerprint density at radius 1 is 1.25 bits per heavy atom. The fourth-order valence-electron chi connectivity index (χ4n) is 3.34. The molecule has 0 radical (unpaired) electrons. The second-order valence-electron chi connectivity index (χ2n) is 5.88. The molecule has 1 saturated heterocycles. The fraction of sp³-hybridized carbons (Fsp3) is 0.471. The summed E-state index contributed by atoms with van der Waals surface area (Å²) in [5.74, 6) is 0. The predicted octanol–water partition coefficient (Wildman–Crippen LogP) is 1.58. The number of quaternary nitrogens is 1. The summed E-state index contributed by atoms with van der Waals surface area (Å²) in [5.41, 5.74) is 4.50. The van der Waals surface area contributed by atoms with Crippen LogP contribution in [0.3, 0.4) is 0 Å². The summed E-state index contributed by atoms with van der Waals surface area (Å²) >= 11 is 0. The summed E-state index contributed by atoms with van der Waals surface area (Å²) in [6, 6.07) is 6.05. The van der Waals surface area contributed by atoms with Crippen molar-refractivity contribution in [1.29, 1.82) is 0 Å². The summed E-state index contributed by atoms with van der Waals surface area (Å²) in [6.07, 6.45) is 3.53. The summed E-state index contributed by atoms with van der Waals surface area (Å²) in [6.45, 7) is 7.44. The van der Waals surface area contributed by atoms with Gasteiger partial charge in [0.25, 0.3) is 0 Å². The maximum atomic E-state index is 12.8. The molecule has 1 aliphatic heterocycles. The van der Waals surface area contributed by atoms with Crippen molar-refractivity contribution in [2.45, 2.75) is 39.7 Å². The molecule has 1 fully saturated rings. The summed E-state index contributed by atoms with van der Waals surface area (Å²) in [5, 5.41) is 0.851. The van der Waals surface area contributed by atoms with E-state index in [1.807, 2.05) is 19.1 Å². The number of H-pyrrole nitrogens is 1. The van der Waals surface area contributed by atoms with E-state index in [1.165, 1.54) is 31.5 Å². The minimum atomic E-state index is 0.228. The first-order chi connectivity index (χ1) is 9.70. The molecule has 20 heavy (non-hydrogen) atoms. The molecular weight excluding hydrogens is 248 g/mol. The molecule has 2 heterocycles. The molecule has 3 heteroatoms. The third-order valence-electron chi connectivity index (χ3n) is 4.55. The van der Waals surface area contributed by atoms with Gasteiger partial charge < -0.3 is 9.88 Å². The van der Waals surface area contributed by atoms with Crippen molar-refractivity contribution in [2.24, 2.45) is 0 Å². The normalized spacial score (nSPS) is 16.1. The number of pyridine rings is 1. The van der Waals surface area contributed by atoms with Crippen LogP contribution in [0.4, 0.5) is 0 Å². The predicted molar refractivity (Wildman–Crippen MR) is 82.3 cm³/mol. The third-order valence-corrected chi connectivity index (χ3v) is 4.55. The number of rotatable bonds is 3. The Bertz CT molecular complexity index is 681. The number of aryl methyl sites for hydroxylation is 2. The first-order valence-electron chi connectivity index (χ1n) is 7.67. The monoisotopic (exact) mass is 271 g/mol. The molecule has 3 rings (SSSR count). The molecule has 2 N–H and O–H groups in total. The molecule has 1 aromatic carbocycles. The van der Waals surface area contributed by atoms with Crippen LogP contribution in [0.25, 0.3) is 10.9 Å². The Kier molecular flexibility index (Phi) is 3.62. The van der Waals surface area contributed by atoms with Crippen LogP contribution in [0.15, 0.2) is 23.0 Å². The number of benzene rings is 1. The SMILES string of the molecule is CCc1cccc2c(=O)c(C[NH+]3CCCC3)c(C)[nH]c12. The molecule has 0 spiro atoms. The molecule has 0 aliphatic carbocycles. The van der Waals surface area contributed by atoms with Crippen molar-refractivity contribution in [1.82, 2.24) is 4.98 Å². The quantitative estimate of drug-likeness (QED) is 0.874. The Morgan fingerprint density at radius 2 is 2.00 bits per heavy atom. The maximum absolute atomic E-state index is 12.8. The molecule has 0 atom stereocenters. The van der Waals surface area contributed by atoms with Crippen LogP contribution < -0.4 is 10.3 Å². The van der Waals surface area contributed by atoms with Gasteiger partial charge in [-0.15, -0.1) is 0 Å². The van der Waals surface area contributed by atoms with Gasteiger partial charge >= 0.3 is 0 Å². The van der Waals surface area contributed by atoms with Crippen molar-refractivity contribution in [2.75, 3.05) is 13.1 Å². The fourth-order valence-corrected chi connectivity index (χ4v) is 3.34. The van der Waals surface area contributed by atoms with Crippen molar-refractivity contribution >= 4 is 10.9 Å². The van der Waals surface area contributed by atoms with E-state index in [0.29, 0.717) is 0 Å². The lowest BCUT2D eigenvalue weighted by Gasteiger charge is -2.15. The number of aromatic amines is 1. The zero-order chi connectivity index (χ0) is 14.1. The van der Waals surface area contributed by atoms with Gasteiger partial charge in [0.2, 0.25) is 0 Å². The zero-order valence-electron chi connectivity index (χ0n) is 12.4. The maximum Gasteiger partial charge on any atom is 0.198 e. The number of nitrogens with one attached hydrogen (secondary N) is 2. The topological polar surface area (TPSA) is 37.3 Å². The van der Waals surface area contributed by atoms with Crippen molar-refractivity contribution in [3.8, 4) is 0 Å². The number of para-hydroxylation sites is 1. The van der Waals surface area contributed by atoms with Gasteiger partial charge in [-0.1, -0.05) is 19.1 Å². The van der Waals surface area contributed by atoms with E-state index < -0.39 is 0 Å². The average molecular weight is 271 g/mol. The highest BCUT2D eigenvalue weighted by molar-refractivity contribution is 5.82. The zero-order valence-corrected chi connectivity index (χ0v) is 12.4. The third kappa shape index (κ3) is 2.27. The van der Waals surface area contributed by atoms with Crippen LogP contribution in [-0.2, 0) is 13.0 Å². The number of hydrogen-bond donors (Lipinski definition) is 2. The van der Waals surface area contributed by atoms with E-state index in [0.717, 1.165) is 35.1 Å². The average Bonchev–Trinajstić information content (AvgIpc) is 2.96. The van der Waals surface area contributed by atoms with Gasteiger partial charge in [0, 0.05) is 23.9 Å². The van der Waals surface area contributed by atoms with Gasteiger partial charge in [-0.05, 0) is 25.0 Å². The van der Waals surface area contributed by atoms with Crippen LogP contribution in [-0.4, -0.2) is 18.1 Å². The van der Waals surface area contributed by atoms with E-state index >= 15 is 0 Å². The van der Waals surface area contributed by atoms with Gasteiger partial charge in [0.1, 0.15) is 6.54 Å². The minimum absolute atomic E-state index is 0.228. The summed E-state index contributed by atoms with van der Waals surface area (Å²) in [4.78, 5) is 17.8. The highest BCUT2D eigenvalue weighted by Gasteiger charge is 2.20. The van der Waals surface area contributed by atoms with Gasteiger partial charge in [-0.25, -0.2) is 0 Å². The van der Waals surface area contributed by atoms with Crippen LogP contribution >= 0.6 is 0 Å². The largest absolute Gasteiger partial charge is 0.358 e. The summed E-state index contributed by atoms with van der Waals surface area (Å²) < 4.78 is 0. The lowest BCUT2D eigenvalue weighted by molar-refractivity contribution is -0.901. The molecule has 1 aromatic heterocycles. The van der Waals surface area contributed by atoms with Crippen LogP contribution in [0, 0.1) is 6.92 Å². The summed E-state index contributed by atoms with van der Waals surface area (Å²) in [7, 11) is 0. The van der Waals surface area contributed by atoms with Crippen LogP contribution in [0.2, 0.25) is 0 Å². The van der Waals surface area contributed by atoms with E-state index in [4.69, 9.17) is 0 Å². The first kappa shape index (κ1) is 13.4. The van der Waals surface area contributed by atoms with E-state index in [-0.39, 0.29) is 5.43 Å². The molecule has 0 bridgehead atoms. The molecule has 2 aromatic rings. The molecule has 106 valence electrons. The number of hydrogen-bond acceptors (Lipinski definition) is 1. The van der Waals surface area contributed by atoms with Gasteiger partial charge in [0.15, 0.2) is 5.43 Å². The lowest BCUT2D eigenvalue weighted by atomic mass is 10.0. The first-order valence-corrected chi connectivity index (χ1v) is 7.67. The van der Waals surface area contributed by atoms with Crippen molar-refractivity contribution in [3.63, 3.8) is 0 Å². The Hall–Kier alpha value is -1.61. The number of aromatic nitrogens is 1. The molecule has 1 aliphatic rings. The van der Waals surface area contributed by atoms with Crippen molar-refractivity contribution < 1.29 is 4.90 Å². The molecule has 0 amide bonds. The van der Waals surface area contributed by atoms with Gasteiger partial charge in [-0.2, -0.15) is 0 Å². The molecular formula is C17H23N2O+. The Labute approximate surface area is 119 Å². The minimum Gasteiger partial charge on any atom is -0.358 e. The van der Waals surface area contributed by atoms with Gasteiger partial charge in [0.05, 0.1) is 24.2 Å². The van der Waals surface area contributed by atoms with Crippen molar-refractivity contribution in [3.05, 3.63) is 45.2 Å². The van der Waals surface area contributed by atoms with Gasteiger partial charge in [-0.3, -0.25) is 4.79 Å². The van der Waals surface area contributed by atoms with E-state index in [9.17, 15) is 4.79 Å². The highest BCUT2D eigenvalue weighted by Crippen LogP contribution is 2.16. The smallest absolute Gasteiger partial charge is 0.198 e. The van der Waals surface area contributed by atoms with Crippen LogP contribution in [0.1, 0.15) is 36.6 Å². The lowest BCUT2D eigenvalue weighted by Crippen LogP contribution is -3.08. The van der Waals surface area contributed by atoms with E-state index in [1.54, 1.807) is 4.90 Å². The number of likely N-dealkylation sites (tertiary alicyclic amines) is 1. The van der Waals surface area contributed by atoms with Crippen LogP contribution in [0.5, 0.6) is 0 Å². The standard InChI is InChI=1S/C17H22N2O/c1-3-13-7-6-8-14-16(13)18-12(2)15(17(14)20)11-19-9-4-5-10-19/h6-8H,3-5,9-11H2,1-2H3,(H,18,20)/p+1. The highest BCUT2D eigenvalue weighted by atomic mass is 16.1. The second kappa shape index (κ2) is 5.41. The molecule has 3 nitrogen and oxygen atoms in total. The van der Waals surface area contributed by atoms with E-state index in [2.05, 4.69) is 18.0 Å². The molecule has 0 unspecified atom stereocenters. The second-order valence-corrected chi connectivity index (χ2v) is 5.88. The molecule has 0 saturated carbocycles. The Balaban J connectivity index is 2.11. The Morgan fingerprint density at radius 3 is 2.70 bits per heavy atom.